The summed E-state index contributed by atoms with van der Waals surface area (Å²) in [7, 11) is -0.897. The van der Waals surface area contributed by atoms with Gasteiger partial charge in [-0.05, 0) is 13.0 Å². The molecule has 7 nitrogen and oxygen atoms in total. The third-order valence-electron chi connectivity index (χ3n) is 3.86. The van der Waals surface area contributed by atoms with Crippen molar-refractivity contribution >= 4 is 21.6 Å². The zero-order valence-corrected chi connectivity index (χ0v) is 14.9. The van der Waals surface area contributed by atoms with Crippen LogP contribution in [0.2, 0.25) is 5.02 Å². The molecule has 1 aromatic rings. The van der Waals surface area contributed by atoms with E-state index >= 15 is 0 Å². The van der Waals surface area contributed by atoms with Gasteiger partial charge in [0.15, 0.2) is 0 Å². The summed E-state index contributed by atoms with van der Waals surface area (Å²) in [6, 6.07) is 2.80. The highest BCUT2D eigenvalue weighted by Crippen LogP contribution is 2.36. The zero-order chi connectivity index (χ0) is 17.2. The van der Waals surface area contributed by atoms with Crippen molar-refractivity contribution < 1.29 is 23.0 Å². The maximum absolute atomic E-state index is 12.9. The van der Waals surface area contributed by atoms with Gasteiger partial charge in [0.25, 0.3) is 0 Å². The number of aliphatic hydroxyl groups is 1. The van der Waals surface area contributed by atoms with E-state index in [9.17, 15) is 13.5 Å². The van der Waals surface area contributed by atoms with Crippen molar-refractivity contribution in [3.8, 4) is 11.5 Å². The Hall–Kier alpha value is -1.06. The van der Waals surface area contributed by atoms with Crippen LogP contribution in [-0.4, -0.2) is 69.4 Å². The van der Waals surface area contributed by atoms with E-state index in [1.165, 1.54) is 30.7 Å². The number of halogens is 1. The lowest BCUT2D eigenvalue weighted by atomic mass is 10.3. The number of hydrogen-bond acceptors (Lipinski definition) is 6. The van der Waals surface area contributed by atoms with Crippen LogP contribution in [0.25, 0.3) is 0 Å². The molecule has 0 amide bonds. The molecule has 0 aliphatic carbocycles. The summed E-state index contributed by atoms with van der Waals surface area (Å²) in [6.07, 6.45) is -0.593. The standard InChI is InChI=1S/C14H21ClN2O5S/c1-10(18)16-4-6-17(7-5-16)23(19,20)14-8-11(15)12(21-2)9-13(14)22-3/h8-10,18H,4-7H2,1-3H3. The van der Waals surface area contributed by atoms with Crippen molar-refractivity contribution in [2.45, 2.75) is 18.0 Å². The van der Waals surface area contributed by atoms with E-state index < -0.39 is 16.3 Å². The molecule has 0 saturated carbocycles. The minimum Gasteiger partial charge on any atom is -0.495 e. The first-order chi connectivity index (χ1) is 10.8. The van der Waals surface area contributed by atoms with Gasteiger partial charge in [0.1, 0.15) is 22.6 Å². The first-order valence-electron chi connectivity index (χ1n) is 7.15. The molecular weight excluding hydrogens is 344 g/mol. The molecule has 23 heavy (non-hydrogen) atoms. The minimum absolute atomic E-state index is 0.0105. The van der Waals surface area contributed by atoms with Gasteiger partial charge in [-0.25, -0.2) is 8.42 Å². The number of hydrogen-bond donors (Lipinski definition) is 1. The highest BCUT2D eigenvalue weighted by molar-refractivity contribution is 7.89. The van der Waals surface area contributed by atoms with Crippen LogP contribution in [0.5, 0.6) is 11.5 Å². The Kier molecular flexibility index (Phi) is 5.74. The molecule has 1 fully saturated rings. The van der Waals surface area contributed by atoms with Gasteiger partial charge in [-0.15, -0.1) is 0 Å². The van der Waals surface area contributed by atoms with E-state index in [2.05, 4.69) is 0 Å². The summed E-state index contributed by atoms with van der Waals surface area (Å²) in [5.74, 6) is 0.533. The molecule has 0 radical (unpaired) electrons. The molecular formula is C14H21ClN2O5S. The van der Waals surface area contributed by atoms with E-state index in [1.807, 2.05) is 4.90 Å². The molecule has 2 rings (SSSR count). The van der Waals surface area contributed by atoms with Crippen molar-refractivity contribution in [3.05, 3.63) is 17.2 Å². The van der Waals surface area contributed by atoms with Crippen LogP contribution in [0.4, 0.5) is 0 Å². The number of ether oxygens (including phenoxy) is 2. The van der Waals surface area contributed by atoms with Crippen molar-refractivity contribution in [2.24, 2.45) is 0 Å². The number of piperazine rings is 1. The summed E-state index contributed by atoms with van der Waals surface area (Å²) in [5.41, 5.74) is 0. The number of benzene rings is 1. The molecule has 1 aliphatic rings. The molecule has 0 spiro atoms. The predicted octanol–water partition coefficient (Wildman–Crippen LogP) is 1.00. The smallest absolute Gasteiger partial charge is 0.246 e. The van der Waals surface area contributed by atoms with Crippen LogP contribution in [0.15, 0.2) is 17.0 Å². The Morgan fingerprint density at radius 2 is 1.70 bits per heavy atom. The highest BCUT2D eigenvalue weighted by Gasteiger charge is 2.32. The number of methoxy groups -OCH3 is 2. The van der Waals surface area contributed by atoms with Crippen LogP contribution in [0, 0.1) is 0 Å². The lowest BCUT2D eigenvalue weighted by molar-refractivity contribution is -0.000196. The van der Waals surface area contributed by atoms with Crippen LogP contribution in [0.3, 0.4) is 0 Å². The van der Waals surface area contributed by atoms with E-state index in [0.717, 1.165) is 0 Å². The van der Waals surface area contributed by atoms with Crippen molar-refractivity contribution in [3.63, 3.8) is 0 Å². The second-order valence-electron chi connectivity index (χ2n) is 5.21. The Bertz CT molecular complexity index is 657. The monoisotopic (exact) mass is 364 g/mol. The maximum Gasteiger partial charge on any atom is 0.246 e. The normalized spacial score (nSPS) is 18.7. The van der Waals surface area contributed by atoms with Crippen LogP contribution in [-0.2, 0) is 10.0 Å². The first kappa shape index (κ1) is 18.3. The number of sulfonamides is 1. The van der Waals surface area contributed by atoms with Crippen LogP contribution in [0.1, 0.15) is 6.92 Å². The first-order valence-corrected chi connectivity index (χ1v) is 8.97. The Morgan fingerprint density at radius 3 is 2.17 bits per heavy atom. The number of rotatable bonds is 5. The number of aliphatic hydroxyl groups excluding tert-OH is 1. The zero-order valence-electron chi connectivity index (χ0n) is 13.3. The summed E-state index contributed by atoms with van der Waals surface area (Å²) in [5, 5.41) is 9.77. The third-order valence-corrected chi connectivity index (χ3v) is 6.07. The number of nitrogens with zero attached hydrogens (tertiary/aromatic N) is 2. The van der Waals surface area contributed by atoms with E-state index in [1.54, 1.807) is 6.92 Å². The van der Waals surface area contributed by atoms with Gasteiger partial charge < -0.3 is 14.6 Å². The summed E-state index contributed by atoms with van der Waals surface area (Å²) in [4.78, 5) is 1.82. The molecule has 0 bridgehead atoms. The maximum atomic E-state index is 12.9. The van der Waals surface area contributed by atoms with E-state index in [4.69, 9.17) is 21.1 Å². The Labute approximate surface area is 141 Å². The van der Waals surface area contributed by atoms with Gasteiger partial charge in [-0.3, -0.25) is 4.90 Å². The Morgan fingerprint density at radius 1 is 1.13 bits per heavy atom. The van der Waals surface area contributed by atoms with Gasteiger partial charge >= 0.3 is 0 Å². The van der Waals surface area contributed by atoms with E-state index in [-0.39, 0.29) is 15.7 Å². The lowest BCUT2D eigenvalue weighted by Gasteiger charge is -2.35. The van der Waals surface area contributed by atoms with Gasteiger partial charge in [-0.1, -0.05) is 11.6 Å². The second kappa shape index (κ2) is 7.23. The third kappa shape index (κ3) is 3.72. The summed E-state index contributed by atoms with van der Waals surface area (Å²) >= 11 is 6.06. The molecule has 1 atom stereocenters. The molecule has 0 aromatic heterocycles. The lowest BCUT2D eigenvalue weighted by Crippen LogP contribution is -2.51. The van der Waals surface area contributed by atoms with Gasteiger partial charge in [-0.2, -0.15) is 4.31 Å². The topological polar surface area (TPSA) is 79.3 Å². The van der Waals surface area contributed by atoms with Crippen LogP contribution < -0.4 is 9.47 Å². The fraction of sp³-hybridized carbons (Fsp3) is 0.571. The second-order valence-corrected chi connectivity index (χ2v) is 7.52. The molecule has 130 valence electrons. The SMILES string of the molecule is COc1cc(OC)c(S(=O)(=O)N2CCN(C(C)O)CC2)cc1Cl. The van der Waals surface area contributed by atoms with Crippen molar-refractivity contribution in [1.29, 1.82) is 0 Å². The summed E-state index contributed by atoms with van der Waals surface area (Å²) in [6.45, 7) is 3.17. The molecule has 1 heterocycles. The Balaban J connectivity index is 2.32. The fourth-order valence-electron chi connectivity index (χ4n) is 2.49. The molecule has 1 aliphatic heterocycles. The highest BCUT2D eigenvalue weighted by atomic mass is 35.5. The van der Waals surface area contributed by atoms with Crippen molar-refractivity contribution in [1.82, 2.24) is 9.21 Å². The van der Waals surface area contributed by atoms with Crippen molar-refractivity contribution in [2.75, 3.05) is 40.4 Å². The predicted molar refractivity (Wildman–Crippen MR) is 86.6 cm³/mol. The van der Waals surface area contributed by atoms with Gasteiger partial charge in [0.2, 0.25) is 10.0 Å². The average Bonchev–Trinajstić information content (AvgIpc) is 2.54. The van der Waals surface area contributed by atoms with Gasteiger partial charge in [0, 0.05) is 32.2 Å². The molecule has 1 unspecified atom stereocenters. The van der Waals surface area contributed by atoms with E-state index in [0.29, 0.717) is 31.9 Å². The summed E-state index contributed by atoms with van der Waals surface area (Å²) < 4.78 is 37.4. The molecule has 1 N–H and O–H groups in total. The molecule has 1 saturated heterocycles. The molecule has 9 heteroatoms. The van der Waals surface area contributed by atoms with Gasteiger partial charge in [0.05, 0.1) is 19.2 Å². The fourth-order valence-corrected chi connectivity index (χ4v) is 4.38. The largest absolute Gasteiger partial charge is 0.495 e. The van der Waals surface area contributed by atoms with Crippen LogP contribution >= 0.6 is 11.6 Å². The average molecular weight is 365 g/mol. The minimum atomic E-state index is -3.74. The quantitative estimate of drug-likeness (QED) is 0.839. The molecule has 1 aromatic carbocycles.